The van der Waals surface area contributed by atoms with Crippen LogP contribution >= 0.6 is 12.4 Å². The quantitative estimate of drug-likeness (QED) is 0.840. The number of amidine groups is 1. The minimum absolute atomic E-state index is 0. The summed E-state index contributed by atoms with van der Waals surface area (Å²) < 4.78 is 4.80. The van der Waals surface area contributed by atoms with E-state index in [4.69, 9.17) is 9.62 Å². The molecule has 130 valence electrons. The first-order valence-corrected chi connectivity index (χ1v) is 7.89. The molecular formula is C17H24ClN5O. The number of fused-ring (bicyclic) bond motifs is 1. The predicted molar refractivity (Wildman–Crippen MR) is 99.3 cm³/mol. The average Bonchev–Trinajstić information content (AvgIpc) is 2.92. The molecule has 0 amide bonds. The van der Waals surface area contributed by atoms with Crippen molar-refractivity contribution in [3.63, 3.8) is 0 Å². The SMILES string of the molecule is CC(C)c1ccc(C2Nc3nonc3NC2=NC(C)(C)C)cc1.Cl. The third-order valence-corrected chi connectivity index (χ3v) is 3.68. The van der Waals surface area contributed by atoms with Gasteiger partial charge in [-0.25, -0.2) is 4.63 Å². The fourth-order valence-electron chi connectivity index (χ4n) is 2.53. The zero-order valence-electron chi connectivity index (χ0n) is 14.6. The van der Waals surface area contributed by atoms with Gasteiger partial charge in [0.15, 0.2) is 0 Å². The Kier molecular flexibility index (Phi) is 5.18. The second-order valence-corrected chi connectivity index (χ2v) is 7.15. The number of halogens is 1. The van der Waals surface area contributed by atoms with E-state index in [1.54, 1.807) is 0 Å². The Morgan fingerprint density at radius 2 is 1.71 bits per heavy atom. The number of nitrogens with one attached hydrogen (secondary N) is 2. The van der Waals surface area contributed by atoms with Gasteiger partial charge < -0.3 is 10.6 Å². The van der Waals surface area contributed by atoms with E-state index in [0.29, 0.717) is 17.6 Å². The first kappa shape index (κ1) is 18.3. The Morgan fingerprint density at radius 3 is 2.29 bits per heavy atom. The average molecular weight is 350 g/mol. The Hall–Kier alpha value is -2.08. The summed E-state index contributed by atoms with van der Waals surface area (Å²) in [7, 11) is 0. The lowest BCUT2D eigenvalue weighted by Gasteiger charge is -2.28. The molecule has 0 spiro atoms. The van der Waals surface area contributed by atoms with Crippen molar-refractivity contribution in [1.29, 1.82) is 0 Å². The monoisotopic (exact) mass is 349 g/mol. The largest absolute Gasteiger partial charge is 0.350 e. The van der Waals surface area contributed by atoms with Crippen LogP contribution in [-0.4, -0.2) is 21.7 Å². The number of hydrogen-bond donors (Lipinski definition) is 2. The smallest absolute Gasteiger partial charge is 0.220 e. The molecule has 0 fully saturated rings. The van der Waals surface area contributed by atoms with Gasteiger partial charge >= 0.3 is 0 Å². The second-order valence-electron chi connectivity index (χ2n) is 7.15. The van der Waals surface area contributed by atoms with Crippen molar-refractivity contribution >= 4 is 29.9 Å². The van der Waals surface area contributed by atoms with Gasteiger partial charge in [-0.15, -0.1) is 12.4 Å². The lowest BCUT2D eigenvalue weighted by Crippen LogP contribution is -2.34. The molecule has 1 aromatic carbocycles. The predicted octanol–water partition coefficient (Wildman–Crippen LogP) is 4.39. The van der Waals surface area contributed by atoms with E-state index < -0.39 is 0 Å². The number of aliphatic imine (C=N–C) groups is 1. The number of aromatic nitrogens is 2. The standard InChI is InChI=1S/C17H23N5O.ClH/c1-10(2)11-6-8-12(9-7-11)13-14(20-17(3,4)5)19-16-15(18-13)21-23-22-16;/h6-10,13H,1-5H3,(H,18,21)(H,19,20,22);1H. The molecule has 1 atom stereocenters. The summed E-state index contributed by atoms with van der Waals surface area (Å²) in [6.45, 7) is 10.6. The lowest BCUT2D eigenvalue weighted by atomic mass is 9.97. The Labute approximate surface area is 148 Å². The Balaban J connectivity index is 0.00000208. The van der Waals surface area contributed by atoms with Crippen LogP contribution in [0, 0.1) is 0 Å². The van der Waals surface area contributed by atoms with Crippen LogP contribution in [0.15, 0.2) is 33.9 Å². The summed E-state index contributed by atoms with van der Waals surface area (Å²) in [6.07, 6.45) is 0. The molecule has 0 saturated carbocycles. The van der Waals surface area contributed by atoms with Gasteiger partial charge in [0.25, 0.3) is 0 Å². The van der Waals surface area contributed by atoms with Crippen molar-refractivity contribution in [3.8, 4) is 0 Å². The van der Waals surface area contributed by atoms with Gasteiger partial charge in [-0.05, 0) is 48.1 Å². The van der Waals surface area contributed by atoms with Gasteiger partial charge in [0, 0.05) is 0 Å². The van der Waals surface area contributed by atoms with Gasteiger partial charge in [0.1, 0.15) is 11.9 Å². The zero-order valence-corrected chi connectivity index (χ0v) is 15.4. The van der Waals surface area contributed by atoms with Crippen molar-refractivity contribution < 1.29 is 4.63 Å². The van der Waals surface area contributed by atoms with Crippen molar-refractivity contribution in [3.05, 3.63) is 35.4 Å². The summed E-state index contributed by atoms with van der Waals surface area (Å²) in [6, 6.07) is 8.48. The third-order valence-electron chi connectivity index (χ3n) is 3.68. The van der Waals surface area contributed by atoms with Gasteiger partial charge in [-0.2, -0.15) is 0 Å². The minimum Gasteiger partial charge on any atom is -0.350 e. The summed E-state index contributed by atoms with van der Waals surface area (Å²) in [5.41, 5.74) is 2.24. The summed E-state index contributed by atoms with van der Waals surface area (Å²) >= 11 is 0. The van der Waals surface area contributed by atoms with E-state index in [0.717, 1.165) is 11.4 Å². The summed E-state index contributed by atoms with van der Waals surface area (Å²) in [4.78, 5) is 4.80. The molecule has 2 heterocycles. The fraction of sp³-hybridized carbons (Fsp3) is 0.471. The van der Waals surface area contributed by atoms with Gasteiger partial charge in [0.2, 0.25) is 11.6 Å². The van der Waals surface area contributed by atoms with E-state index in [1.165, 1.54) is 5.56 Å². The van der Waals surface area contributed by atoms with Crippen LogP contribution in [-0.2, 0) is 0 Å². The zero-order chi connectivity index (χ0) is 16.6. The van der Waals surface area contributed by atoms with Crippen LogP contribution in [0.1, 0.15) is 57.7 Å². The molecule has 1 aliphatic heterocycles. The van der Waals surface area contributed by atoms with Crippen LogP contribution in [0.2, 0.25) is 0 Å². The number of nitrogens with zero attached hydrogens (tertiary/aromatic N) is 3. The van der Waals surface area contributed by atoms with Crippen LogP contribution in [0.5, 0.6) is 0 Å². The molecule has 0 radical (unpaired) electrons. The van der Waals surface area contributed by atoms with E-state index in [2.05, 4.69) is 79.8 Å². The van der Waals surface area contributed by atoms with Crippen molar-refractivity contribution in [2.45, 2.75) is 52.1 Å². The number of anilines is 2. The molecule has 7 heteroatoms. The summed E-state index contributed by atoms with van der Waals surface area (Å²) in [5, 5.41) is 14.3. The first-order valence-electron chi connectivity index (χ1n) is 7.89. The van der Waals surface area contributed by atoms with Crippen LogP contribution in [0.3, 0.4) is 0 Å². The number of hydrogen-bond acceptors (Lipinski definition) is 5. The molecule has 0 bridgehead atoms. The third kappa shape index (κ3) is 3.87. The Morgan fingerprint density at radius 1 is 1.08 bits per heavy atom. The molecule has 1 aromatic heterocycles. The van der Waals surface area contributed by atoms with Gasteiger partial charge in [0.05, 0.1) is 5.54 Å². The van der Waals surface area contributed by atoms with Crippen LogP contribution < -0.4 is 10.6 Å². The van der Waals surface area contributed by atoms with Crippen molar-refractivity contribution in [1.82, 2.24) is 10.3 Å². The van der Waals surface area contributed by atoms with Crippen molar-refractivity contribution in [2.75, 3.05) is 10.6 Å². The van der Waals surface area contributed by atoms with E-state index in [-0.39, 0.29) is 24.0 Å². The topological polar surface area (TPSA) is 75.3 Å². The highest BCUT2D eigenvalue weighted by atomic mass is 35.5. The number of benzene rings is 1. The molecule has 2 N–H and O–H groups in total. The molecule has 0 saturated heterocycles. The molecule has 2 aromatic rings. The van der Waals surface area contributed by atoms with Gasteiger partial charge in [-0.1, -0.05) is 38.1 Å². The maximum absolute atomic E-state index is 4.80. The van der Waals surface area contributed by atoms with E-state index in [9.17, 15) is 0 Å². The second kappa shape index (κ2) is 6.81. The number of rotatable bonds is 2. The van der Waals surface area contributed by atoms with Crippen molar-refractivity contribution in [2.24, 2.45) is 4.99 Å². The fourth-order valence-corrected chi connectivity index (χ4v) is 2.53. The van der Waals surface area contributed by atoms with Crippen LogP contribution in [0.4, 0.5) is 11.6 Å². The Bertz CT molecular complexity index is 715. The summed E-state index contributed by atoms with van der Waals surface area (Å²) in [5.74, 6) is 2.51. The molecule has 6 nitrogen and oxygen atoms in total. The molecule has 0 aliphatic carbocycles. The van der Waals surface area contributed by atoms with E-state index in [1.807, 2.05) is 0 Å². The minimum atomic E-state index is -0.200. The molecule has 3 rings (SSSR count). The van der Waals surface area contributed by atoms with E-state index >= 15 is 0 Å². The highest BCUT2D eigenvalue weighted by Gasteiger charge is 2.30. The molecule has 24 heavy (non-hydrogen) atoms. The lowest BCUT2D eigenvalue weighted by molar-refractivity contribution is 0.310. The highest BCUT2D eigenvalue weighted by Crippen LogP contribution is 2.31. The molecular weight excluding hydrogens is 326 g/mol. The molecule has 1 aliphatic rings. The normalized spacial score (nSPS) is 18.6. The maximum Gasteiger partial charge on any atom is 0.220 e. The molecule has 1 unspecified atom stereocenters. The van der Waals surface area contributed by atoms with Gasteiger partial charge in [-0.3, -0.25) is 4.99 Å². The maximum atomic E-state index is 4.80. The first-order chi connectivity index (χ1) is 10.8. The highest BCUT2D eigenvalue weighted by molar-refractivity contribution is 6.05. The van der Waals surface area contributed by atoms with Crippen LogP contribution in [0.25, 0.3) is 0 Å².